The highest BCUT2D eigenvalue weighted by Gasteiger charge is 2.52. The van der Waals surface area contributed by atoms with Crippen LogP contribution in [0.2, 0.25) is 0 Å². The molecule has 3 nitrogen and oxygen atoms in total. The molecule has 3 atom stereocenters. The lowest BCUT2D eigenvalue weighted by Crippen LogP contribution is -2.63. The molecule has 1 heterocycles. The molecule has 1 N–H and O–H groups in total. The van der Waals surface area contributed by atoms with Gasteiger partial charge in [0.25, 0.3) is 0 Å². The Kier molecular flexibility index (Phi) is 3.00. The molecule has 0 saturated carbocycles. The van der Waals surface area contributed by atoms with Crippen LogP contribution in [-0.4, -0.2) is 36.1 Å². The van der Waals surface area contributed by atoms with Gasteiger partial charge in [-0.1, -0.05) is 6.92 Å². The minimum atomic E-state index is -0.861. The molecule has 0 spiro atoms. The van der Waals surface area contributed by atoms with Crippen molar-refractivity contribution in [2.75, 3.05) is 13.7 Å². The fraction of sp³-hybridized carbons (Fsp3) is 1.00. The predicted molar refractivity (Wildman–Crippen MR) is 50.7 cm³/mol. The lowest BCUT2D eigenvalue weighted by atomic mass is 9.74. The molecular weight excluding hydrogens is 168 g/mol. The van der Waals surface area contributed by atoms with Gasteiger partial charge in [0.05, 0.1) is 11.7 Å². The van der Waals surface area contributed by atoms with Gasteiger partial charge in [0.2, 0.25) is 0 Å². The van der Waals surface area contributed by atoms with E-state index in [1.165, 1.54) is 0 Å². The summed E-state index contributed by atoms with van der Waals surface area (Å²) in [7, 11) is 1.65. The fourth-order valence-corrected chi connectivity index (χ4v) is 2.15. The number of methoxy groups -OCH3 is 1. The van der Waals surface area contributed by atoms with Crippen molar-refractivity contribution in [2.45, 2.75) is 50.9 Å². The molecule has 0 bridgehead atoms. The average molecular weight is 188 g/mol. The molecule has 0 aliphatic carbocycles. The maximum Gasteiger partial charge on any atom is 0.119 e. The Morgan fingerprint density at radius 1 is 1.62 bits per heavy atom. The van der Waals surface area contributed by atoms with Crippen molar-refractivity contribution < 1.29 is 14.6 Å². The third-order valence-corrected chi connectivity index (χ3v) is 3.52. The van der Waals surface area contributed by atoms with Crippen LogP contribution in [0.3, 0.4) is 0 Å². The molecule has 1 aliphatic rings. The van der Waals surface area contributed by atoms with Crippen LogP contribution in [0.25, 0.3) is 0 Å². The summed E-state index contributed by atoms with van der Waals surface area (Å²) < 4.78 is 10.9. The van der Waals surface area contributed by atoms with Crippen LogP contribution in [0.15, 0.2) is 0 Å². The lowest BCUT2D eigenvalue weighted by Gasteiger charge is -2.50. The Morgan fingerprint density at radius 3 is 2.62 bits per heavy atom. The van der Waals surface area contributed by atoms with Gasteiger partial charge in [0.15, 0.2) is 0 Å². The van der Waals surface area contributed by atoms with Crippen LogP contribution in [0.1, 0.15) is 33.6 Å². The van der Waals surface area contributed by atoms with Gasteiger partial charge in [0, 0.05) is 20.1 Å². The van der Waals surface area contributed by atoms with E-state index in [1.54, 1.807) is 7.11 Å². The number of hydrogen-bond donors (Lipinski definition) is 1. The van der Waals surface area contributed by atoms with E-state index in [1.807, 2.05) is 20.8 Å². The molecule has 0 radical (unpaired) electrons. The van der Waals surface area contributed by atoms with Gasteiger partial charge in [-0.25, -0.2) is 0 Å². The first-order valence-corrected chi connectivity index (χ1v) is 4.89. The third-order valence-electron chi connectivity index (χ3n) is 3.52. The van der Waals surface area contributed by atoms with Crippen molar-refractivity contribution in [3.8, 4) is 0 Å². The Labute approximate surface area is 80.0 Å². The number of hydrogen-bond acceptors (Lipinski definition) is 3. The summed E-state index contributed by atoms with van der Waals surface area (Å²) >= 11 is 0. The van der Waals surface area contributed by atoms with E-state index in [-0.39, 0.29) is 6.10 Å². The summed E-state index contributed by atoms with van der Waals surface area (Å²) in [6.45, 7) is 6.48. The highest BCUT2D eigenvalue weighted by atomic mass is 16.5. The molecule has 3 heteroatoms. The second-order valence-corrected chi connectivity index (χ2v) is 3.98. The molecule has 0 aromatic carbocycles. The number of aliphatic hydroxyl groups is 1. The van der Waals surface area contributed by atoms with Gasteiger partial charge < -0.3 is 14.6 Å². The standard InChI is InChI=1S/C10H20O3/c1-5-10(11)8(2)13-7-6-9(10,3)12-4/h8,11H,5-7H2,1-4H3/t8-,9+,10?/m0/s1. The van der Waals surface area contributed by atoms with Crippen molar-refractivity contribution in [3.05, 3.63) is 0 Å². The van der Waals surface area contributed by atoms with Gasteiger partial charge in [-0.2, -0.15) is 0 Å². The molecular formula is C10H20O3. The minimum absolute atomic E-state index is 0.156. The first kappa shape index (κ1) is 11.0. The van der Waals surface area contributed by atoms with Crippen molar-refractivity contribution in [2.24, 2.45) is 0 Å². The second kappa shape index (κ2) is 3.56. The Hall–Kier alpha value is -0.120. The van der Waals surface area contributed by atoms with Crippen LogP contribution < -0.4 is 0 Å². The third kappa shape index (κ3) is 1.49. The molecule has 1 unspecified atom stereocenters. The first-order valence-electron chi connectivity index (χ1n) is 4.89. The number of ether oxygens (including phenoxy) is 2. The SMILES string of the molecule is CCC1(O)[C@H](C)OCC[C@@]1(C)OC. The molecule has 0 aromatic heterocycles. The highest BCUT2D eigenvalue weighted by molar-refractivity contribution is 5.03. The van der Waals surface area contributed by atoms with Gasteiger partial charge in [-0.15, -0.1) is 0 Å². The Morgan fingerprint density at radius 2 is 2.23 bits per heavy atom. The normalized spacial score (nSPS) is 46.4. The summed E-state index contributed by atoms with van der Waals surface area (Å²) in [6.07, 6.45) is 1.24. The van der Waals surface area contributed by atoms with E-state index in [2.05, 4.69) is 0 Å². The first-order chi connectivity index (χ1) is 6.00. The lowest BCUT2D eigenvalue weighted by molar-refractivity contribution is -0.252. The Balaban J connectivity index is 2.93. The van der Waals surface area contributed by atoms with E-state index in [0.717, 1.165) is 6.42 Å². The monoisotopic (exact) mass is 188 g/mol. The van der Waals surface area contributed by atoms with Gasteiger partial charge in [0.1, 0.15) is 5.60 Å². The van der Waals surface area contributed by atoms with Gasteiger partial charge >= 0.3 is 0 Å². The van der Waals surface area contributed by atoms with Gasteiger partial charge in [-0.3, -0.25) is 0 Å². The summed E-state index contributed by atoms with van der Waals surface area (Å²) in [5, 5.41) is 10.4. The molecule has 1 aliphatic heterocycles. The summed E-state index contributed by atoms with van der Waals surface area (Å²) in [5.41, 5.74) is -1.33. The zero-order valence-electron chi connectivity index (χ0n) is 8.96. The van der Waals surface area contributed by atoms with Crippen LogP contribution in [0.4, 0.5) is 0 Å². The van der Waals surface area contributed by atoms with E-state index in [9.17, 15) is 5.11 Å². The molecule has 78 valence electrons. The topological polar surface area (TPSA) is 38.7 Å². The largest absolute Gasteiger partial charge is 0.384 e. The van der Waals surface area contributed by atoms with E-state index in [0.29, 0.717) is 13.0 Å². The summed E-state index contributed by atoms with van der Waals surface area (Å²) in [5.74, 6) is 0. The average Bonchev–Trinajstić information content (AvgIpc) is 2.14. The molecule has 0 amide bonds. The van der Waals surface area contributed by atoms with Gasteiger partial charge in [-0.05, 0) is 20.3 Å². The van der Waals surface area contributed by atoms with E-state index in [4.69, 9.17) is 9.47 Å². The molecule has 0 aromatic rings. The summed E-state index contributed by atoms with van der Waals surface area (Å²) in [4.78, 5) is 0. The minimum Gasteiger partial charge on any atom is -0.384 e. The van der Waals surface area contributed by atoms with Crippen molar-refractivity contribution >= 4 is 0 Å². The fourth-order valence-electron chi connectivity index (χ4n) is 2.15. The highest BCUT2D eigenvalue weighted by Crippen LogP contribution is 2.39. The maximum atomic E-state index is 10.4. The van der Waals surface area contributed by atoms with E-state index < -0.39 is 11.2 Å². The quantitative estimate of drug-likeness (QED) is 0.710. The molecule has 1 saturated heterocycles. The molecule has 1 fully saturated rings. The molecule has 13 heavy (non-hydrogen) atoms. The molecule has 1 rings (SSSR count). The Bertz CT molecular complexity index is 183. The van der Waals surface area contributed by atoms with Crippen LogP contribution in [-0.2, 0) is 9.47 Å². The maximum absolute atomic E-state index is 10.4. The number of rotatable bonds is 2. The second-order valence-electron chi connectivity index (χ2n) is 3.98. The van der Waals surface area contributed by atoms with Crippen molar-refractivity contribution in [1.82, 2.24) is 0 Å². The van der Waals surface area contributed by atoms with E-state index >= 15 is 0 Å². The van der Waals surface area contributed by atoms with Crippen LogP contribution in [0.5, 0.6) is 0 Å². The predicted octanol–water partition coefficient (Wildman–Crippen LogP) is 1.34. The zero-order chi connectivity index (χ0) is 10.1. The van der Waals surface area contributed by atoms with Crippen LogP contribution in [0, 0.1) is 0 Å². The van der Waals surface area contributed by atoms with Crippen LogP contribution >= 0.6 is 0 Å². The van der Waals surface area contributed by atoms with Crippen molar-refractivity contribution in [3.63, 3.8) is 0 Å². The smallest absolute Gasteiger partial charge is 0.119 e. The summed E-state index contributed by atoms with van der Waals surface area (Å²) in [6, 6.07) is 0. The van der Waals surface area contributed by atoms with Crippen molar-refractivity contribution in [1.29, 1.82) is 0 Å². The zero-order valence-corrected chi connectivity index (χ0v) is 8.96.